The second-order valence-electron chi connectivity index (χ2n) is 4.81. The monoisotopic (exact) mass is 255 g/mol. The highest BCUT2D eigenvalue weighted by Gasteiger charge is 2.21. The minimum atomic E-state index is -0.144. The second kappa shape index (κ2) is 4.44. The Morgan fingerprint density at radius 2 is 2.18 bits per heavy atom. The van der Waals surface area contributed by atoms with Gasteiger partial charge in [0.05, 0.1) is 17.8 Å². The maximum absolute atomic E-state index is 5.64. The van der Waals surface area contributed by atoms with Gasteiger partial charge in [0.1, 0.15) is 6.54 Å². The molecule has 0 N–H and O–H groups in total. The fourth-order valence-electron chi connectivity index (χ4n) is 1.24. The maximum Gasteiger partial charge on any atom is 0.232 e. The van der Waals surface area contributed by atoms with Gasteiger partial charge in [0, 0.05) is 5.41 Å². The van der Waals surface area contributed by atoms with Crippen molar-refractivity contribution in [3.05, 3.63) is 23.6 Å². The van der Waals surface area contributed by atoms with Crippen LogP contribution in [-0.2, 0) is 17.8 Å². The van der Waals surface area contributed by atoms with Crippen LogP contribution in [0.4, 0.5) is 0 Å². The van der Waals surface area contributed by atoms with E-state index in [1.807, 2.05) is 20.8 Å². The van der Waals surface area contributed by atoms with Crippen molar-refractivity contribution in [3.8, 4) is 0 Å². The largest absolute Gasteiger partial charge is 0.339 e. The Hall–Kier alpha value is -1.43. The average Bonchev–Trinajstić information content (AvgIpc) is 2.86. The van der Waals surface area contributed by atoms with Crippen molar-refractivity contribution in [2.75, 3.05) is 0 Å². The molecule has 92 valence electrons. The first-order valence-corrected chi connectivity index (χ1v) is 5.80. The van der Waals surface area contributed by atoms with E-state index in [9.17, 15) is 0 Å². The second-order valence-corrected chi connectivity index (χ2v) is 5.07. The molecule has 0 fully saturated rings. The molecule has 0 radical (unpaired) electrons. The molecule has 0 aliphatic carbocycles. The van der Waals surface area contributed by atoms with Gasteiger partial charge >= 0.3 is 0 Å². The van der Waals surface area contributed by atoms with Crippen LogP contribution in [0, 0.1) is 0 Å². The van der Waals surface area contributed by atoms with Gasteiger partial charge in [-0.15, -0.1) is 16.7 Å². The Morgan fingerprint density at radius 1 is 1.41 bits per heavy atom. The molecule has 0 atom stereocenters. The zero-order chi connectivity index (χ0) is 12.5. The van der Waals surface area contributed by atoms with Gasteiger partial charge in [-0.2, -0.15) is 4.98 Å². The summed E-state index contributed by atoms with van der Waals surface area (Å²) >= 11 is 5.64. The first kappa shape index (κ1) is 12.0. The third-order valence-corrected chi connectivity index (χ3v) is 2.41. The summed E-state index contributed by atoms with van der Waals surface area (Å²) < 4.78 is 6.82. The summed E-state index contributed by atoms with van der Waals surface area (Å²) in [6.45, 7) is 6.49. The van der Waals surface area contributed by atoms with Gasteiger partial charge in [-0.05, 0) is 0 Å². The van der Waals surface area contributed by atoms with E-state index < -0.39 is 0 Å². The van der Waals surface area contributed by atoms with E-state index >= 15 is 0 Å². The number of aromatic nitrogens is 5. The standard InChI is InChI=1S/C10H14ClN5O/c1-10(2,3)9-12-8(14-17-9)6-16-5-7(4-11)13-15-16/h5H,4,6H2,1-3H3. The quantitative estimate of drug-likeness (QED) is 0.782. The number of alkyl halides is 1. The van der Waals surface area contributed by atoms with Crippen molar-refractivity contribution >= 4 is 11.6 Å². The molecule has 0 aliphatic heterocycles. The molecule has 7 heteroatoms. The van der Waals surface area contributed by atoms with Gasteiger partial charge in [-0.25, -0.2) is 4.68 Å². The summed E-state index contributed by atoms with van der Waals surface area (Å²) in [6, 6.07) is 0. The highest BCUT2D eigenvalue weighted by atomic mass is 35.5. The summed E-state index contributed by atoms with van der Waals surface area (Å²) in [7, 11) is 0. The van der Waals surface area contributed by atoms with Crippen molar-refractivity contribution in [2.45, 2.75) is 38.6 Å². The maximum atomic E-state index is 5.64. The third-order valence-electron chi connectivity index (χ3n) is 2.14. The van der Waals surface area contributed by atoms with Gasteiger partial charge in [-0.1, -0.05) is 31.1 Å². The first-order chi connectivity index (χ1) is 7.99. The average molecular weight is 256 g/mol. The van der Waals surface area contributed by atoms with E-state index in [0.717, 1.165) is 5.69 Å². The van der Waals surface area contributed by atoms with Crippen LogP contribution in [-0.4, -0.2) is 25.1 Å². The van der Waals surface area contributed by atoms with Gasteiger partial charge < -0.3 is 4.52 Å². The Balaban J connectivity index is 2.11. The zero-order valence-electron chi connectivity index (χ0n) is 10.0. The lowest BCUT2D eigenvalue weighted by Crippen LogP contribution is -2.12. The number of nitrogens with zero attached hydrogens (tertiary/aromatic N) is 5. The molecule has 0 aromatic carbocycles. The van der Waals surface area contributed by atoms with Crippen LogP contribution in [0.2, 0.25) is 0 Å². The molecule has 17 heavy (non-hydrogen) atoms. The molecule has 2 heterocycles. The number of halogens is 1. The van der Waals surface area contributed by atoms with Crippen molar-refractivity contribution in [1.29, 1.82) is 0 Å². The number of rotatable bonds is 3. The molecule has 2 aromatic rings. The lowest BCUT2D eigenvalue weighted by Gasteiger charge is -2.10. The molecule has 2 rings (SSSR count). The fraction of sp³-hybridized carbons (Fsp3) is 0.600. The lowest BCUT2D eigenvalue weighted by molar-refractivity contribution is 0.317. The molecule has 0 unspecified atom stereocenters. The van der Waals surface area contributed by atoms with Gasteiger partial charge in [0.15, 0.2) is 5.82 Å². The number of hydrogen-bond acceptors (Lipinski definition) is 5. The van der Waals surface area contributed by atoms with Crippen LogP contribution >= 0.6 is 11.6 Å². The molecule has 6 nitrogen and oxygen atoms in total. The van der Waals surface area contributed by atoms with Gasteiger partial charge in [0.25, 0.3) is 0 Å². The van der Waals surface area contributed by atoms with E-state index in [4.69, 9.17) is 16.1 Å². The van der Waals surface area contributed by atoms with Gasteiger partial charge in [-0.3, -0.25) is 0 Å². The Morgan fingerprint density at radius 3 is 2.71 bits per heavy atom. The van der Waals surface area contributed by atoms with E-state index in [1.54, 1.807) is 10.9 Å². The lowest BCUT2D eigenvalue weighted by atomic mass is 9.97. The Bertz CT molecular complexity index is 499. The van der Waals surface area contributed by atoms with Crippen LogP contribution in [0.25, 0.3) is 0 Å². The molecule has 0 amide bonds. The van der Waals surface area contributed by atoms with Crippen LogP contribution in [0.1, 0.15) is 38.2 Å². The molecule has 2 aromatic heterocycles. The third kappa shape index (κ3) is 2.82. The SMILES string of the molecule is CC(C)(C)c1nc(Cn2cc(CCl)nn2)no1. The number of hydrogen-bond donors (Lipinski definition) is 0. The Kier molecular flexibility index (Phi) is 3.15. The molecule has 0 spiro atoms. The highest BCUT2D eigenvalue weighted by molar-refractivity contribution is 6.16. The predicted molar refractivity (Wildman–Crippen MR) is 61.7 cm³/mol. The van der Waals surface area contributed by atoms with E-state index in [0.29, 0.717) is 24.1 Å². The molecule has 0 bridgehead atoms. The van der Waals surface area contributed by atoms with Crippen molar-refractivity contribution < 1.29 is 4.52 Å². The fourth-order valence-corrected chi connectivity index (χ4v) is 1.37. The summed E-state index contributed by atoms with van der Waals surface area (Å²) in [5.74, 6) is 1.55. The Labute approximate surface area is 104 Å². The minimum Gasteiger partial charge on any atom is -0.339 e. The van der Waals surface area contributed by atoms with E-state index in [-0.39, 0.29) is 5.41 Å². The smallest absolute Gasteiger partial charge is 0.232 e. The first-order valence-electron chi connectivity index (χ1n) is 5.27. The normalized spacial score (nSPS) is 12.0. The minimum absolute atomic E-state index is 0.144. The topological polar surface area (TPSA) is 69.6 Å². The summed E-state index contributed by atoms with van der Waals surface area (Å²) in [5.41, 5.74) is 0.584. The van der Waals surface area contributed by atoms with Crippen LogP contribution in [0.15, 0.2) is 10.7 Å². The van der Waals surface area contributed by atoms with Crippen molar-refractivity contribution in [1.82, 2.24) is 25.1 Å². The van der Waals surface area contributed by atoms with Crippen LogP contribution in [0.5, 0.6) is 0 Å². The summed E-state index contributed by atoms with van der Waals surface area (Å²) in [6.07, 6.45) is 1.76. The van der Waals surface area contributed by atoms with Crippen LogP contribution < -0.4 is 0 Å². The van der Waals surface area contributed by atoms with E-state index in [1.165, 1.54) is 0 Å². The van der Waals surface area contributed by atoms with Crippen LogP contribution in [0.3, 0.4) is 0 Å². The molecule has 0 saturated heterocycles. The predicted octanol–water partition coefficient (Wildman–Crippen LogP) is 1.75. The summed E-state index contributed by atoms with van der Waals surface area (Å²) in [5, 5.41) is 11.7. The van der Waals surface area contributed by atoms with E-state index in [2.05, 4.69) is 20.5 Å². The van der Waals surface area contributed by atoms with Crippen molar-refractivity contribution in [2.24, 2.45) is 0 Å². The zero-order valence-corrected chi connectivity index (χ0v) is 10.8. The molecule has 0 aliphatic rings. The van der Waals surface area contributed by atoms with Crippen molar-refractivity contribution in [3.63, 3.8) is 0 Å². The molecular weight excluding hydrogens is 242 g/mol. The summed E-state index contributed by atoms with van der Waals surface area (Å²) in [4.78, 5) is 4.31. The van der Waals surface area contributed by atoms with Gasteiger partial charge in [0.2, 0.25) is 5.89 Å². The molecular formula is C10H14ClN5O. The molecule has 0 saturated carbocycles. The highest BCUT2D eigenvalue weighted by Crippen LogP contribution is 2.19.